The first-order chi connectivity index (χ1) is 14.8. The zero-order valence-electron chi connectivity index (χ0n) is 17.8. The highest BCUT2D eigenvalue weighted by Gasteiger charge is 2.67. The van der Waals surface area contributed by atoms with Crippen molar-refractivity contribution in [3.63, 3.8) is 0 Å². The average Bonchev–Trinajstić information content (AvgIpc) is 3.33. The second-order valence-corrected chi connectivity index (χ2v) is 10.3. The van der Waals surface area contributed by atoms with Crippen LogP contribution in [0.4, 0.5) is 5.69 Å². The highest BCUT2D eigenvalue weighted by Crippen LogP contribution is 2.60. The van der Waals surface area contributed by atoms with E-state index in [1.54, 1.807) is 0 Å². The van der Waals surface area contributed by atoms with Crippen molar-refractivity contribution < 1.29 is 19.1 Å². The fourth-order valence-electron chi connectivity index (χ4n) is 5.50. The summed E-state index contributed by atoms with van der Waals surface area (Å²) >= 11 is 3.66. The summed E-state index contributed by atoms with van der Waals surface area (Å²) in [6.45, 7) is 6.34. The first-order valence-electron chi connectivity index (χ1n) is 10.9. The third kappa shape index (κ3) is 3.45. The molecule has 0 spiro atoms. The molecule has 31 heavy (non-hydrogen) atoms. The van der Waals surface area contributed by atoms with Crippen LogP contribution in [0.3, 0.4) is 0 Å². The summed E-state index contributed by atoms with van der Waals surface area (Å²) < 4.78 is 11.6. The Morgan fingerprint density at radius 3 is 2.61 bits per heavy atom. The molecule has 1 aliphatic heterocycles. The number of fused-ring (bicyclic) bond motifs is 1. The number of carbonyl (C=O) groups excluding carboxylic acids is 2. The number of amides is 1. The number of alkyl halides is 1. The van der Waals surface area contributed by atoms with Gasteiger partial charge < -0.3 is 14.8 Å². The van der Waals surface area contributed by atoms with Crippen molar-refractivity contribution in [3.8, 4) is 11.5 Å². The Labute approximate surface area is 190 Å². The van der Waals surface area contributed by atoms with Crippen LogP contribution in [0.1, 0.15) is 37.3 Å². The minimum atomic E-state index is -0.336. The highest BCUT2D eigenvalue weighted by molar-refractivity contribution is 9.09. The van der Waals surface area contributed by atoms with E-state index in [-0.39, 0.29) is 46.5 Å². The molecule has 5 nitrogen and oxygen atoms in total. The van der Waals surface area contributed by atoms with E-state index >= 15 is 0 Å². The molecule has 2 bridgehead atoms. The summed E-state index contributed by atoms with van der Waals surface area (Å²) in [7, 11) is 0. The number of benzene rings is 2. The largest absolute Gasteiger partial charge is 0.461 e. The molecule has 2 saturated carbocycles. The molecule has 0 unspecified atom stereocenters. The Bertz CT molecular complexity index is 1030. The fraction of sp³-hybridized carbons (Fsp3) is 0.440. The summed E-state index contributed by atoms with van der Waals surface area (Å²) in [6, 6.07) is 13.6. The average molecular weight is 484 g/mol. The quantitative estimate of drug-likeness (QED) is 0.455. The standard InChI is InChI=1S/C25H26BrNO4/c1-12(2)16-9-4-13(3)10-19(16)30-15-7-5-14(6-8-15)27-24(28)20-17-11-18-21(20)25(29)31-23(18)22(17)26/h4-10,12,17-18,20-23H,11H2,1-3H3,(H,27,28)/t17-,18-,20-,21-,22+,23+/m1/s1. The predicted octanol–water partition coefficient (Wildman–Crippen LogP) is 5.42. The fourth-order valence-corrected chi connectivity index (χ4v) is 6.54. The molecule has 1 N–H and O–H groups in total. The summed E-state index contributed by atoms with van der Waals surface area (Å²) in [4.78, 5) is 25.4. The molecule has 6 atom stereocenters. The van der Waals surface area contributed by atoms with Crippen LogP contribution in [0.2, 0.25) is 0 Å². The van der Waals surface area contributed by atoms with Crippen LogP contribution in [0, 0.1) is 30.6 Å². The van der Waals surface area contributed by atoms with E-state index in [0.29, 0.717) is 17.4 Å². The number of hydrogen-bond donors (Lipinski definition) is 1. The van der Waals surface area contributed by atoms with Crippen molar-refractivity contribution in [1.82, 2.24) is 0 Å². The first-order valence-corrected chi connectivity index (χ1v) is 11.8. The maximum Gasteiger partial charge on any atom is 0.310 e. The number of carbonyl (C=O) groups is 2. The Morgan fingerprint density at radius 1 is 1.16 bits per heavy atom. The molecule has 6 heteroatoms. The number of anilines is 1. The maximum atomic E-state index is 13.0. The number of ether oxygens (including phenoxy) is 2. The Morgan fingerprint density at radius 2 is 1.90 bits per heavy atom. The van der Waals surface area contributed by atoms with Gasteiger partial charge in [-0.15, -0.1) is 0 Å². The zero-order chi connectivity index (χ0) is 21.9. The molecule has 1 heterocycles. The van der Waals surface area contributed by atoms with Gasteiger partial charge in [0.15, 0.2) is 0 Å². The molecule has 1 saturated heterocycles. The molecular formula is C25H26BrNO4. The molecule has 0 radical (unpaired) electrons. The normalized spacial score (nSPS) is 30.5. The third-order valence-electron chi connectivity index (χ3n) is 6.97. The number of esters is 1. The maximum absolute atomic E-state index is 13.0. The number of aryl methyl sites for hydroxylation is 1. The third-order valence-corrected chi connectivity index (χ3v) is 8.17. The van der Waals surface area contributed by atoms with Gasteiger partial charge in [0.05, 0.1) is 16.7 Å². The van der Waals surface area contributed by atoms with Gasteiger partial charge in [-0.05, 0) is 66.6 Å². The van der Waals surface area contributed by atoms with Gasteiger partial charge >= 0.3 is 5.97 Å². The number of hydrogen-bond acceptors (Lipinski definition) is 4. The van der Waals surface area contributed by atoms with Crippen molar-refractivity contribution in [2.24, 2.45) is 23.7 Å². The molecule has 2 aromatic rings. The summed E-state index contributed by atoms with van der Waals surface area (Å²) in [5, 5.41) is 3.00. The van der Waals surface area contributed by atoms with E-state index in [9.17, 15) is 9.59 Å². The highest BCUT2D eigenvalue weighted by atomic mass is 79.9. The monoisotopic (exact) mass is 483 g/mol. The number of rotatable bonds is 5. The lowest BCUT2D eigenvalue weighted by atomic mass is 9.79. The predicted molar refractivity (Wildman–Crippen MR) is 122 cm³/mol. The van der Waals surface area contributed by atoms with E-state index < -0.39 is 0 Å². The van der Waals surface area contributed by atoms with Crippen LogP contribution >= 0.6 is 15.9 Å². The first kappa shape index (κ1) is 20.6. The van der Waals surface area contributed by atoms with Gasteiger partial charge in [-0.25, -0.2) is 0 Å². The van der Waals surface area contributed by atoms with Crippen LogP contribution in [0.15, 0.2) is 42.5 Å². The van der Waals surface area contributed by atoms with Crippen LogP contribution in [0.25, 0.3) is 0 Å². The van der Waals surface area contributed by atoms with Gasteiger partial charge in [-0.3, -0.25) is 9.59 Å². The molecule has 0 aromatic heterocycles. The van der Waals surface area contributed by atoms with Crippen molar-refractivity contribution in [1.29, 1.82) is 0 Å². The Hall–Kier alpha value is -2.34. The topological polar surface area (TPSA) is 64.6 Å². The van der Waals surface area contributed by atoms with Gasteiger partial charge in [0.1, 0.15) is 17.6 Å². The van der Waals surface area contributed by atoms with Crippen molar-refractivity contribution >= 4 is 33.5 Å². The molecule has 5 rings (SSSR count). The zero-order valence-corrected chi connectivity index (χ0v) is 19.4. The van der Waals surface area contributed by atoms with E-state index in [0.717, 1.165) is 23.3 Å². The molecule has 2 aromatic carbocycles. The van der Waals surface area contributed by atoms with Gasteiger partial charge in [0, 0.05) is 11.6 Å². The van der Waals surface area contributed by atoms with Crippen molar-refractivity contribution in [2.75, 3.05) is 5.32 Å². The molecule has 1 amide bonds. The molecule has 3 fully saturated rings. The number of nitrogens with one attached hydrogen (secondary N) is 1. The summed E-state index contributed by atoms with van der Waals surface area (Å²) in [6.07, 6.45) is 0.802. The Balaban J connectivity index is 1.29. The lowest BCUT2D eigenvalue weighted by Crippen LogP contribution is -2.40. The van der Waals surface area contributed by atoms with Crippen molar-refractivity contribution in [3.05, 3.63) is 53.6 Å². The smallest absolute Gasteiger partial charge is 0.310 e. The minimum absolute atomic E-state index is 0.0659. The molecule has 2 aliphatic carbocycles. The number of halogens is 1. The van der Waals surface area contributed by atoms with Gasteiger partial charge in [0.2, 0.25) is 5.91 Å². The SMILES string of the molecule is Cc1ccc(C(C)C)c(Oc2ccc(NC(=O)[C@@H]3[C@H]4C[C@H]5[C@H](OC(=O)[C@H]53)[C@H]4Br)cc2)c1. The summed E-state index contributed by atoms with van der Waals surface area (Å²) in [5.74, 6) is 1.27. The van der Waals surface area contributed by atoms with Crippen LogP contribution < -0.4 is 10.1 Å². The molecule has 3 aliphatic rings. The second-order valence-electron chi connectivity index (χ2n) is 9.27. The van der Waals surface area contributed by atoms with Crippen molar-refractivity contribution in [2.45, 2.75) is 44.0 Å². The molecule has 162 valence electrons. The second kappa shape index (κ2) is 7.66. The van der Waals surface area contributed by atoms with Gasteiger partial charge in [-0.2, -0.15) is 0 Å². The van der Waals surface area contributed by atoms with Crippen LogP contribution in [-0.4, -0.2) is 22.8 Å². The lowest BCUT2D eigenvalue weighted by molar-refractivity contribution is -0.145. The van der Waals surface area contributed by atoms with E-state index in [4.69, 9.17) is 9.47 Å². The van der Waals surface area contributed by atoms with Crippen LogP contribution in [0.5, 0.6) is 11.5 Å². The van der Waals surface area contributed by atoms with Gasteiger partial charge in [0.25, 0.3) is 0 Å². The Kier molecular flexibility index (Phi) is 5.08. The van der Waals surface area contributed by atoms with E-state index in [1.807, 2.05) is 37.3 Å². The lowest BCUT2D eigenvalue weighted by Gasteiger charge is -2.27. The van der Waals surface area contributed by atoms with Crippen LogP contribution in [-0.2, 0) is 14.3 Å². The van der Waals surface area contributed by atoms with E-state index in [2.05, 4.69) is 47.2 Å². The minimum Gasteiger partial charge on any atom is -0.461 e. The van der Waals surface area contributed by atoms with E-state index in [1.165, 1.54) is 0 Å². The summed E-state index contributed by atoms with van der Waals surface area (Å²) in [5.41, 5.74) is 3.00. The molecular weight excluding hydrogens is 458 g/mol. The van der Waals surface area contributed by atoms with Gasteiger partial charge in [-0.1, -0.05) is 41.9 Å².